The maximum absolute atomic E-state index is 11.0. The molecule has 7 nitrogen and oxygen atoms in total. The lowest BCUT2D eigenvalue weighted by Crippen LogP contribution is -2.23. The van der Waals surface area contributed by atoms with Crippen molar-refractivity contribution < 1.29 is 24.6 Å². The number of carboxylic acids is 1. The van der Waals surface area contributed by atoms with Gasteiger partial charge in [-0.05, 0) is 30.5 Å². The summed E-state index contributed by atoms with van der Waals surface area (Å²) in [4.78, 5) is 32.3. The first kappa shape index (κ1) is 15.5. The largest absolute Gasteiger partial charge is 0.481 e. The Balaban J connectivity index is 2.65. The van der Waals surface area contributed by atoms with E-state index in [1.165, 1.54) is 0 Å². The van der Waals surface area contributed by atoms with Crippen molar-refractivity contribution in [1.29, 1.82) is 0 Å². The molecule has 0 saturated heterocycles. The van der Waals surface area contributed by atoms with Crippen molar-refractivity contribution in [1.82, 2.24) is 0 Å². The average Bonchev–Trinajstić information content (AvgIpc) is 2.33. The minimum Gasteiger partial charge on any atom is -0.481 e. The fraction of sp³-hybridized carbons (Fsp3) is 0.308. The van der Waals surface area contributed by atoms with E-state index in [9.17, 15) is 14.4 Å². The van der Waals surface area contributed by atoms with Crippen LogP contribution in [0.3, 0.4) is 0 Å². The summed E-state index contributed by atoms with van der Waals surface area (Å²) in [5, 5.41) is 19.8. The van der Waals surface area contributed by atoms with Crippen LogP contribution < -0.4 is 11.1 Å². The highest BCUT2D eigenvalue weighted by molar-refractivity contribution is 5.83. The van der Waals surface area contributed by atoms with Crippen molar-refractivity contribution in [2.24, 2.45) is 11.7 Å². The molecule has 0 fully saturated rings. The van der Waals surface area contributed by atoms with Gasteiger partial charge in [-0.25, -0.2) is 4.79 Å². The Bertz CT molecular complexity index is 515. The van der Waals surface area contributed by atoms with Gasteiger partial charge in [0, 0.05) is 12.1 Å². The second-order valence-electron chi connectivity index (χ2n) is 4.37. The van der Waals surface area contributed by atoms with Gasteiger partial charge in [0.05, 0.1) is 5.92 Å². The van der Waals surface area contributed by atoms with Crippen LogP contribution >= 0.6 is 0 Å². The number of hydrogen-bond acceptors (Lipinski definition) is 3. The van der Waals surface area contributed by atoms with Gasteiger partial charge in [0.15, 0.2) is 0 Å². The normalized spacial score (nSPS) is 11.6. The molecule has 108 valence electrons. The molecule has 1 aromatic rings. The molecule has 1 unspecified atom stereocenters. The first-order chi connectivity index (χ1) is 9.38. The van der Waals surface area contributed by atoms with Gasteiger partial charge in [0.25, 0.3) is 0 Å². The van der Waals surface area contributed by atoms with E-state index in [0.717, 1.165) is 5.56 Å². The van der Waals surface area contributed by atoms with Crippen LogP contribution in [0.25, 0.3) is 0 Å². The number of carbonyl (C=O) groups excluding carboxylic acids is 1. The van der Waals surface area contributed by atoms with E-state index in [2.05, 4.69) is 5.32 Å². The number of anilines is 1. The van der Waals surface area contributed by atoms with Crippen molar-refractivity contribution in [2.75, 3.05) is 5.32 Å². The summed E-state index contributed by atoms with van der Waals surface area (Å²) in [6, 6.07) is 6.65. The Morgan fingerprint density at radius 3 is 2.50 bits per heavy atom. The average molecular weight is 280 g/mol. The number of nitrogens with two attached hydrogens (primary N) is 1. The van der Waals surface area contributed by atoms with Crippen LogP contribution in [-0.4, -0.2) is 28.2 Å². The zero-order chi connectivity index (χ0) is 15.1. The van der Waals surface area contributed by atoms with E-state index < -0.39 is 23.9 Å². The molecule has 0 spiro atoms. The topological polar surface area (TPSA) is 130 Å². The van der Waals surface area contributed by atoms with E-state index in [1.54, 1.807) is 24.3 Å². The lowest BCUT2D eigenvalue weighted by molar-refractivity contribution is -0.143. The Hall–Kier alpha value is -2.57. The van der Waals surface area contributed by atoms with Gasteiger partial charge in [0.2, 0.25) is 5.91 Å². The Morgan fingerprint density at radius 1 is 1.25 bits per heavy atom. The lowest BCUT2D eigenvalue weighted by Gasteiger charge is -2.10. The first-order valence-electron chi connectivity index (χ1n) is 5.98. The van der Waals surface area contributed by atoms with E-state index in [1.807, 2.05) is 0 Å². The molecule has 20 heavy (non-hydrogen) atoms. The van der Waals surface area contributed by atoms with Crippen molar-refractivity contribution in [2.45, 2.75) is 19.3 Å². The molecule has 1 rings (SSSR count). The van der Waals surface area contributed by atoms with Crippen LogP contribution in [0.5, 0.6) is 0 Å². The fourth-order valence-electron chi connectivity index (χ4n) is 1.82. The van der Waals surface area contributed by atoms with Crippen molar-refractivity contribution in [3.63, 3.8) is 0 Å². The molecule has 0 saturated carbocycles. The molecule has 0 aromatic heterocycles. The molecular weight excluding hydrogens is 264 g/mol. The third-order valence-corrected chi connectivity index (χ3v) is 2.76. The lowest BCUT2D eigenvalue weighted by atomic mass is 9.96. The van der Waals surface area contributed by atoms with Crippen molar-refractivity contribution >= 4 is 23.7 Å². The number of rotatable bonds is 7. The number of nitrogens with one attached hydrogen (secondary N) is 1. The Morgan fingerprint density at radius 2 is 1.95 bits per heavy atom. The predicted molar refractivity (Wildman–Crippen MR) is 71.3 cm³/mol. The van der Waals surface area contributed by atoms with Crippen LogP contribution in [0.4, 0.5) is 10.5 Å². The molecule has 0 radical (unpaired) electrons. The zero-order valence-electron chi connectivity index (χ0n) is 10.7. The summed E-state index contributed by atoms with van der Waals surface area (Å²) < 4.78 is 0. The molecule has 2 amide bonds. The molecule has 7 heteroatoms. The van der Waals surface area contributed by atoms with Crippen LogP contribution in [0.15, 0.2) is 24.3 Å². The van der Waals surface area contributed by atoms with Gasteiger partial charge < -0.3 is 15.9 Å². The number of primary amides is 1. The summed E-state index contributed by atoms with van der Waals surface area (Å²) in [6.45, 7) is 0. The predicted octanol–water partition coefficient (Wildman–Crippen LogP) is 1.29. The number of aliphatic carboxylic acids is 1. The van der Waals surface area contributed by atoms with Crippen molar-refractivity contribution in [3.05, 3.63) is 29.8 Å². The first-order valence-corrected chi connectivity index (χ1v) is 5.98. The molecular formula is C13H16N2O5. The summed E-state index contributed by atoms with van der Waals surface area (Å²) in [5.41, 5.74) is 6.20. The quantitative estimate of drug-likeness (QED) is 0.597. The molecule has 1 atom stereocenters. The SMILES string of the molecule is NC(=O)CC(CCc1cccc(NC(=O)O)c1)C(=O)O. The number of amides is 2. The summed E-state index contributed by atoms with van der Waals surface area (Å²) in [6.07, 6.45) is -0.698. The van der Waals surface area contributed by atoms with Gasteiger partial charge in [0.1, 0.15) is 0 Å². The summed E-state index contributed by atoms with van der Waals surface area (Å²) in [5.74, 6) is -2.55. The molecule has 0 heterocycles. The molecule has 0 aliphatic carbocycles. The summed E-state index contributed by atoms with van der Waals surface area (Å²) in [7, 11) is 0. The highest BCUT2D eigenvalue weighted by Crippen LogP contribution is 2.16. The molecule has 5 N–H and O–H groups in total. The third kappa shape index (κ3) is 5.38. The minimum atomic E-state index is -1.17. The highest BCUT2D eigenvalue weighted by Gasteiger charge is 2.19. The Labute approximate surface area is 115 Å². The smallest absolute Gasteiger partial charge is 0.409 e. The summed E-state index contributed by atoms with van der Waals surface area (Å²) >= 11 is 0. The molecule has 1 aromatic carbocycles. The van der Waals surface area contributed by atoms with E-state index in [4.69, 9.17) is 15.9 Å². The fourth-order valence-corrected chi connectivity index (χ4v) is 1.82. The zero-order valence-corrected chi connectivity index (χ0v) is 10.7. The number of aryl methyl sites for hydroxylation is 1. The number of hydrogen-bond donors (Lipinski definition) is 4. The maximum Gasteiger partial charge on any atom is 0.409 e. The highest BCUT2D eigenvalue weighted by atomic mass is 16.4. The standard InChI is InChI=1S/C13H16N2O5/c14-11(16)7-9(12(17)18)5-4-8-2-1-3-10(6-8)15-13(19)20/h1-3,6,9,15H,4-5,7H2,(H2,14,16)(H,17,18)(H,19,20). The van der Waals surface area contributed by atoms with Gasteiger partial charge in [-0.3, -0.25) is 14.9 Å². The monoisotopic (exact) mass is 280 g/mol. The molecule has 0 aliphatic heterocycles. The second kappa shape index (κ2) is 7.13. The number of benzene rings is 1. The number of carboxylic acid groups (broad SMARTS) is 2. The molecule has 0 aliphatic rings. The third-order valence-electron chi connectivity index (χ3n) is 2.76. The van der Waals surface area contributed by atoms with E-state index >= 15 is 0 Å². The Kier molecular flexibility index (Phi) is 5.52. The van der Waals surface area contributed by atoms with Crippen LogP contribution in [0, 0.1) is 5.92 Å². The van der Waals surface area contributed by atoms with Gasteiger partial charge in [-0.2, -0.15) is 0 Å². The van der Waals surface area contributed by atoms with Crippen LogP contribution in [0.2, 0.25) is 0 Å². The molecule has 0 bridgehead atoms. The van der Waals surface area contributed by atoms with Crippen molar-refractivity contribution in [3.8, 4) is 0 Å². The van der Waals surface area contributed by atoms with Gasteiger partial charge >= 0.3 is 12.1 Å². The van der Waals surface area contributed by atoms with E-state index in [-0.39, 0.29) is 12.8 Å². The van der Waals surface area contributed by atoms with Crippen LogP contribution in [0.1, 0.15) is 18.4 Å². The van der Waals surface area contributed by atoms with Crippen LogP contribution in [-0.2, 0) is 16.0 Å². The second-order valence-corrected chi connectivity index (χ2v) is 4.37. The van der Waals surface area contributed by atoms with Gasteiger partial charge in [-0.15, -0.1) is 0 Å². The van der Waals surface area contributed by atoms with Gasteiger partial charge in [-0.1, -0.05) is 12.1 Å². The number of carbonyl (C=O) groups is 3. The minimum absolute atomic E-state index is 0.206. The maximum atomic E-state index is 11.0. The van der Waals surface area contributed by atoms with E-state index in [0.29, 0.717) is 12.1 Å².